The number of thiocarbonyl (C=S) groups is 1. The van der Waals surface area contributed by atoms with E-state index in [0.29, 0.717) is 29.1 Å². The summed E-state index contributed by atoms with van der Waals surface area (Å²) in [5.41, 5.74) is 6.07. The second-order valence-corrected chi connectivity index (χ2v) is 11.5. The first-order chi connectivity index (χ1) is 20.1. The SMILES string of the molecule is Cc1cccc(N2C(=O)/C(=C/c3cc(C)n(N(Cc4ccc(Br)cc4)C(=O)c4ccccc4)c3C)C(=O)NC2=S)c1C. The maximum atomic E-state index is 13.9. The highest BCUT2D eigenvalue weighted by molar-refractivity contribution is 9.10. The Labute approximate surface area is 258 Å². The highest BCUT2D eigenvalue weighted by Gasteiger charge is 2.35. The van der Waals surface area contributed by atoms with Crippen molar-refractivity contribution in [1.82, 2.24) is 9.99 Å². The molecule has 42 heavy (non-hydrogen) atoms. The van der Waals surface area contributed by atoms with Gasteiger partial charge in [-0.1, -0.05) is 58.4 Å². The molecular weight excluding hydrogens is 612 g/mol. The van der Waals surface area contributed by atoms with Crippen molar-refractivity contribution < 1.29 is 14.4 Å². The van der Waals surface area contributed by atoms with Gasteiger partial charge in [0.1, 0.15) is 5.57 Å². The summed E-state index contributed by atoms with van der Waals surface area (Å²) in [4.78, 5) is 42.0. The molecule has 0 spiro atoms. The van der Waals surface area contributed by atoms with Crippen molar-refractivity contribution in [2.75, 3.05) is 9.91 Å². The molecule has 1 fully saturated rings. The molecule has 0 unspecified atom stereocenters. The second-order valence-electron chi connectivity index (χ2n) is 10.2. The van der Waals surface area contributed by atoms with Crippen LogP contribution in [-0.2, 0) is 16.1 Å². The Kier molecular flexibility index (Phi) is 8.24. The van der Waals surface area contributed by atoms with Gasteiger partial charge in [-0.05, 0) is 105 Å². The fourth-order valence-electron chi connectivity index (χ4n) is 5.03. The number of anilines is 1. The fourth-order valence-corrected chi connectivity index (χ4v) is 5.57. The number of nitrogens with zero attached hydrogens (tertiary/aromatic N) is 3. The summed E-state index contributed by atoms with van der Waals surface area (Å²) in [6.45, 7) is 7.93. The Bertz CT molecular complexity index is 1760. The first-order valence-electron chi connectivity index (χ1n) is 13.3. The smallest absolute Gasteiger partial charge is 0.273 e. The van der Waals surface area contributed by atoms with Crippen LogP contribution in [0.4, 0.5) is 5.69 Å². The molecule has 3 amide bonds. The molecule has 0 atom stereocenters. The van der Waals surface area contributed by atoms with Crippen molar-refractivity contribution in [2.45, 2.75) is 34.2 Å². The van der Waals surface area contributed by atoms with E-state index in [1.807, 2.05) is 99.1 Å². The fraction of sp³-hybridized carbons (Fsp3) is 0.152. The lowest BCUT2D eigenvalue weighted by Crippen LogP contribution is -2.54. The molecule has 0 aliphatic carbocycles. The van der Waals surface area contributed by atoms with E-state index in [9.17, 15) is 14.4 Å². The molecule has 2 heterocycles. The Hall–Kier alpha value is -4.34. The highest BCUT2D eigenvalue weighted by atomic mass is 79.9. The number of rotatable bonds is 6. The molecule has 7 nitrogen and oxygen atoms in total. The van der Waals surface area contributed by atoms with Crippen LogP contribution in [0.3, 0.4) is 0 Å². The van der Waals surface area contributed by atoms with Crippen LogP contribution < -0.4 is 15.2 Å². The number of amides is 3. The predicted molar refractivity (Wildman–Crippen MR) is 173 cm³/mol. The van der Waals surface area contributed by atoms with Gasteiger partial charge in [-0.2, -0.15) is 0 Å². The summed E-state index contributed by atoms with van der Waals surface area (Å²) in [7, 11) is 0. The molecule has 212 valence electrons. The topological polar surface area (TPSA) is 74.7 Å². The van der Waals surface area contributed by atoms with Gasteiger partial charge in [-0.25, -0.2) is 5.01 Å². The lowest BCUT2D eigenvalue weighted by Gasteiger charge is -2.30. The summed E-state index contributed by atoms with van der Waals surface area (Å²) in [6, 6.07) is 24.4. The van der Waals surface area contributed by atoms with E-state index >= 15 is 0 Å². The van der Waals surface area contributed by atoms with Crippen molar-refractivity contribution in [2.24, 2.45) is 0 Å². The Morgan fingerprint density at radius 1 is 0.952 bits per heavy atom. The van der Waals surface area contributed by atoms with Gasteiger partial charge >= 0.3 is 0 Å². The second kappa shape index (κ2) is 11.9. The average Bonchev–Trinajstić information content (AvgIpc) is 3.25. The van der Waals surface area contributed by atoms with E-state index in [-0.39, 0.29) is 16.6 Å². The quantitative estimate of drug-likeness (QED) is 0.153. The zero-order valence-corrected chi connectivity index (χ0v) is 26.0. The molecule has 1 aliphatic rings. The van der Waals surface area contributed by atoms with Gasteiger partial charge in [0.2, 0.25) is 0 Å². The number of aryl methyl sites for hydroxylation is 2. The van der Waals surface area contributed by atoms with E-state index in [0.717, 1.165) is 26.9 Å². The molecule has 1 aliphatic heterocycles. The van der Waals surface area contributed by atoms with Crippen LogP contribution in [0.1, 0.15) is 44.0 Å². The third-order valence-corrected chi connectivity index (χ3v) is 8.21. The van der Waals surface area contributed by atoms with Crippen LogP contribution in [-0.4, -0.2) is 27.5 Å². The number of aromatic nitrogens is 1. The van der Waals surface area contributed by atoms with Gasteiger partial charge in [-0.3, -0.25) is 29.3 Å². The van der Waals surface area contributed by atoms with Crippen molar-refractivity contribution >= 4 is 62.7 Å². The van der Waals surface area contributed by atoms with E-state index in [2.05, 4.69) is 21.2 Å². The first-order valence-corrected chi connectivity index (χ1v) is 14.5. The van der Waals surface area contributed by atoms with E-state index in [4.69, 9.17) is 12.2 Å². The van der Waals surface area contributed by atoms with Crippen LogP contribution >= 0.6 is 28.1 Å². The lowest BCUT2D eigenvalue weighted by molar-refractivity contribution is -0.122. The molecule has 9 heteroatoms. The van der Waals surface area contributed by atoms with E-state index in [1.54, 1.807) is 23.2 Å². The summed E-state index contributed by atoms with van der Waals surface area (Å²) in [6.07, 6.45) is 1.57. The third kappa shape index (κ3) is 5.57. The van der Waals surface area contributed by atoms with Crippen LogP contribution in [0.25, 0.3) is 6.08 Å². The van der Waals surface area contributed by atoms with Gasteiger partial charge in [0, 0.05) is 21.4 Å². The maximum Gasteiger partial charge on any atom is 0.273 e. The average molecular weight is 642 g/mol. The first kappa shape index (κ1) is 29.2. The van der Waals surface area contributed by atoms with Crippen LogP contribution in [0, 0.1) is 27.7 Å². The molecule has 0 saturated carbocycles. The summed E-state index contributed by atoms with van der Waals surface area (Å²) in [5, 5.41) is 4.38. The van der Waals surface area contributed by atoms with Crippen molar-refractivity contribution in [3.8, 4) is 0 Å². The Balaban J connectivity index is 1.57. The molecule has 1 N–H and O–H groups in total. The Morgan fingerprint density at radius 2 is 1.64 bits per heavy atom. The number of benzene rings is 3. The van der Waals surface area contributed by atoms with Gasteiger partial charge < -0.3 is 0 Å². The maximum absolute atomic E-state index is 13.9. The van der Waals surface area contributed by atoms with Gasteiger partial charge in [0.25, 0.3) is 17.7 Å². The number of halogens is 1. The van der Waals surface area contributed by atoms with Crippen molar-refractivity contribution in [3.63, 3.8) is 0 Å². The molecule has 5 rings (SSSR count). The number of carbonyl (C=O) groups is 3. The molecule has 1 saturated heterocycles. The number of carbonyl (C=O) groups excluding carboxylic acids is 3. The van der Waals surface area contributed by atoms with Gasteiger partial charge in [0.05, 0.1) is 12.2 Å². The third-order valence-electron chi connectivity index (χ3n) is 7.39. The monoisotopic (exact) mass is 640 g/mol. The van der Waals surface area contributed by atoms with E-state index in [1.165, 1.54) is 4.90 Å². The number of hydrogen-bond donors (Lipinski definition) is 1. The number of hydrogen-bond acceptors (Lipinski definition) is 4. The molecule has 3 aromatic carbocycles. The Morgan fingerprint density at radius 3 is 2.33 bits per heavy atom. The predicted octanol–water partition coefficient (Wildman–Crippen LogP) is 6.29. The minimum absolute atomic E-state index is 0.0375. The molecule has 4 aromatic rings. The minimum atomic E-state index is -0.566. The van der Waals surface area contributed by atoms with Crippen LogP contribution in [0.5, 0.6) is 0 Å². The lowest BCUT2D eigenvalue weighted by atomic mass is 10.0. The zero-order valence-electron chi connectivity index (χ0n) is 23.6. The normalized spacial score (nSPS) is 14.4. The molecule has 0 radical (unpaired) electrons. The van der Waals surface area contributed by atoms with Crippen LogP contribution in [0.2, 0.25) is 0 Å². The summed E-state index contributed by atoms with van der Waals surface area (Å²) in [5.74, 6) is -1.25. The molecular formula is C33H29BrN4O3S. The standard InChI is InChI=1S/C33H29BrN4O3S/c1-20-9-8-12-29(22(20)3)37-32(41)28(30(39)35-33(37)42)18-26-17-21(2)38(23(26)4)36(19-24-13-15-27(34)16-14-24)31(40)25-10-6-5-7-11-25/h5-18H,19H2,1-4H3,(H,35,39,42)/b28-18+. The van der Waals surface area contributed by atoms with E-state index < -0.39 is 11.8 Å². The largest absolute Gasteiger partial charge is 0.298 e. The van der Waals surface area contributed by atoms with Gasteiger partial charge in [-0.15, -0.1) is 0 Å². The molecule has 1 aromatic heterocycles. The van der Waals surface area contributed by atoms with Crippen molar-refractivity contribution in [1.29, 1.82) is 0 Å². The zero-order chi connectivity index (χ0) is 30.1. The summed E-state index contributed by atoms with van der Waals surface area (Å²) < 4.78 is 2.78. The number of nitrogens with one attached hydrogen (secondary N) is 1. The molecule has 0 bridgehead atoms. The van der Waals surface area contributed by atoms with Crippen LogP contribution in [0.15, 0.2) is 88.9 Å². The summed E-state index contributed by atoms with van der Waals surface area (Å²) >= 11 is 8.88. The van der Waals surface area contributed by atoms with Gasteiger partial charge in [0.15, 0.2) is 5.11 Å². The van der Waals surface area contributed by atoms with Crippen molar-refractivity contribution in [3.05, 3.63) is 128 Å². The highest BCUT2D eigenvalue weighted by Crippen LogP contribution is 2.28. The minimum Gasteiger partial charge on any atom is -0.298 e.